The van der Waals surface area contributed by atoms with Gasteiger partial charge in [-0.3, -0.25) is 9.59 Å². The number of rotatable bonds is 9. The Morgan fingerprint density at radius 2 is 1.80 bits per heavy atom. The molecule has 4 heteroatoms. The summed E-state index contributed by atoms with van der Waals surface area (Å²) in [6, 6.07) is 0.170. The highest BCUT2D eigenvalue weighted by molar-refractivity contribution is 5.80. The van der Waals surface area contributed by atoms with E-state index in [1.54, 1.807) is 5.57 Å². The fourth-order valence-electron chi connectivity index (χ4n) is 9.33. The van der Waals surface area contributed by atoms with Crippen molar-refractivity contribution in [2.24, 2.45) is 46.3 Å². The van der Waals surface area contributed by atoms with Crippen LogP contribution in [-0.4, -0.2) is 23.0 Å². The predicted molar refractivity (Wildman–Crippen MR) is 142 cm³/mol. The van der Waals surface area contributed by atoms with Crippen LogP contribution in [-0.2, 0) is 9.59 Å². The second kappa shape index (κ2) is 10.6. The number of carboxylic acid groups (broad SMARTS) is 1. The highest BCUT2D eigenvalue weighted by atomic mass is 16.4. The lowest BCUT2D eigenvalue weighted by Gasteiger charge is -2.58. The molecule has 0 radical (unpaired) electrons. The van der Waals surface area contributed by atoms with E-state index in [2.05, 4.69) is 46.0 Å². The average molecular weight is 486 g/mol. The van der Waals surface area contributed by atoms with Crippen molar-refractivity contribution >= 4 is 11.9 Å². The maximum absolute atomic E-state index is 12.2. The molecular formula is C31H51NO3. The fraction of sp³-hybridized carbons (Fsp3) is 0.871. The van der Waals surface area contributed by atoms with E-state index >= 15 is 0 Å². The molecule has 4 rings (SSSR count). The molecule has 3 fully saturated rings. The molecular weight excluding hydrogens is 434 g/mol. The quantitative estimate of drug-likeness (QED) is 0.335. The van der Waals surface area contributed by atoms with Crippen LogP contribution < -0.4 is 5.32 Å². The van der Waals surface area contributed by atoms with Crippen molar-refractivity contribution < 1.29 is 14.7 Å². The number of hydrogen-bond acceptors (Lipinski definition) is 2. The predicted octanol–water partition coefficient (Wildman–Crippen LogP) is 7.38. The monoisotopic (exact) mass is 485 g/mol. The van der Waals surface area contributed by atoms with Gasteiger partial charge in [0.05, 0.1) is 6.42 Å². The Kier molecular flexibility index (Phi) is 8.08. The molecule has 4 aliphatic carbocycles. The standard InChI is InChI=1S/C31H51NO3/c1-20(2)7-6-8-21(3)25-11-12-26-24-10-9-22-19-23(32-28(33)13-14-29(34)35)15-17-30(22,4)27(24)16-18-31(25,26)5/h9,20-21,23-27H,6-8,10-19H2,1-5H3,(H,32,33)(H,34,35)/t21-,23+,24+,25-,26+,27+,30+,31-/m1/s1. The van der Waals surface area contributed by atoms with Crippen LogP contribution in [0.2, 0.25) is 0 Å². The highest BCUT2D eigenvalue weighted by Gasteiger charge is 2.59. The van der Waals surface area contributed by atoms with Crippen LogP contribution in [0, 0.1) is 46.3 Å². The number of hydrogen-bond donors (Lipinski definition) is 2. The molecule has 0 aromatic heterocycles. The Morgan fingerprint density at radius 1 is 1.03 bits per heavy atom. The van der Waals surface area contributed by atoms with Crippen LogP contribution in [0.5, 0.6) is 0 Å². The van der Waals surface area contributed by atoms with E-state index in [-0.39, 0.29) is 30.2 Å². The molecule has 0 heterocycles. The SMILES string of the molecule is CC(C)CCC[C@@H](C)[C@H]1CC[C@H]2[C@@H]3CC=C4C[C@@H](NC(=O)CCC(=O)O)CC[C@]4(C)[C@H]3CC[C@]12C. The second-order valence-electron chi connectivity index (χ2n) is 13.7. The third kappa shape index (κ3) is 5.37. The Labute approximate surface area is 214 Å². The van der Waals surface area contributed by atoms with Gasteiger partial charge in [-0.25, -0.2) is 0 Å². The Hall–Kier alpha value is -1.32. The maximum atomic E-state index is 12.2. The second-order valence-corrected chi connectivity index (χ2v) is 13.7. The van der Waals surface area contributed by atoms with Gasteiger partial charge in [0, 0.05) is 12.5 Å². The van der Waals surface area contributed by atoms with Crippen molar-refractivity contribution in [2.75, 3.05) is 0 Å². The van der Waals surface area contributed by atoms with Gasteiger partial charge in [0.1, 0.15) is 0 Å². The summed E-state index contributed by atoms with van der Waals surface area (Å²) >= 11 is 0. The molecule has 0 aromatic rings. The van der Waals surface area contributed by atoms with E-state index in [1.807, 2.05) is 0 Å². The Morgan fingerprint density at radius 3 is 2.51 bits per heavy atom. The molecule has 0 aromatic carbocycles. The van der Waals surface area contributed by atoms with Crippen LogP contribution in [0.25, 0.3) is 0 Å². The summed E-state index contributed by atoms with van der Waals surface area (Å²) in [6.45, 7) is 12.4. The zero-order valence-corrected chi connectivity index (χ0v) is 23.1. The van der Waals surface area contributed by atoms with Crippen molar-refractivity contribution in [3.63, 3.8) is 0 Å². The summed E-state index contributed by atoms with van der Waals surface area (Å²) < 4.78 is 0. The minimum atomic E-state index is -0.902. The van der Waals surface area contributed by atoms with Crippen LogP contribution in [0.15, 0.2) is 11.6 Å². The number of aliphatic carboxylic acids is 1. The summed E-state index contributed by atoms with van der Waals surface area (Å²) in [7, 11) is 0. The molecule has 0 saturated heterocycles. The summed E-state index contributed by atoms with van der Waals surface area (Å²) in [5.74, 6) is 4.06. The molecule has 0 bridgehead atoms. The first-order valence-electron chi connectivity index (χ1n) is 14.7. The van der Waals surface area contributed by atoms with Gasteiger partial charge in [-0.2, -0.15) is 0 Å². The lowest BCUT2D eigenvalue weighted by molar-refractivity contribution is -0.139. The van der Waals surface area contributed by atoms with Gasteiger partial charge >= 0.3 is 5.97 Å². The molecule has 1 amide bonds. The first-order chi connectivity index (χ1) is 16.5. The van der Waals surface area contributed by atoms with Crippen molar-refractivity contribution in [1.29, 1.82) is 0 Å². The van der Waals surface area contributed by atoms with Crippen LogP contribution in [0.4, 0.5) is 0 Å². The zero-order valence-electron chi connectivity index (χ0n) is 23.1. The molecule has 0 unspecified atom stereocenters. The third-order valence-corrected chi connectivity index (χ3v) is 11.2. The Bertz CT molecular complexity index is 818. The lowest BCUT2D eigenvalue weighted by atomic mass is 9.47. The largest absolute Gasteiger partial charge is 0.481 e. The summed E-state index contributed by atoms with van der Waals surface area (Å²) in [4.78, 5) is 23.0. The van der Waals surface area contributed by atoms with Crippen molar-refractivity contribution in [3.05, 3.63) is 11.6 Å². The number of amides is 1. The van der Waals surface area contributed by atoms with Gasteiger partial charge in [0.15, 0.2) is 0 Å². The van der Waals surface area contributed by atoms with Gasteiger partial charge < -0.3 is 10.4 Å². The minimum absolute atomic E-state index is 0.0831. The van der Waals surface area contributed by atoms with E-state index in [0.717, 1.165) is 54.8 Å². The molecule has 0 aliphatic heterocycles. The molecule has 4 aliphatic rings. The fourth-order valence-corrected chi connectivity index (χ4v) is 9.33. The number of carbonyl (C=O) groups excluding carboxylic acids is 1. The minimum Gasteiger partial charge on any atom is -0.481 e. The molecule has 2 N–H and O–H groups in total. The summed E-state index contributed by atoms with van der Waals surface area (Å²) in [6.07, 6.45) is 16.7. The molecule has 198 valence electrons. The van der Waals surface area contributed by atoms with Gasteiger partial charge in [-0.15, -0.1) is 0 Å². The number of carbonyl (C=O) groups is 2. The van der Waals surface area contributed by atoms with Crippen molar-refractivity contribution in [2.45, 2.75) is 124 Å². The number of carboxylic acids is 1. The molecule has 4 nitrogen and oxygen atoms in total. The zero-order chi connectivity index (χ0) is 25.4. The lowest BCUT2D eigenvalue weighted by Crippen LogP contribution is -2.52. The van der Waals surface area contributed by atoms with E-state index < -0.39 is 5.97 Å². The third-order valence-electron chi connectivity index (χ3n) is 11.2. The van der Waals surface area contributed by atoms with Crippen molar-refractivity contribution in [3.8, 4) is 0 Å². The van der Waals surface area contributed by atoms with Crippen molar-refractivity contribution in [1.82, 2.24) is 5.32 Å². The van der Waals surface area contributed by atoms with Crippen LogP contribution >= 0.6 is 0 Å². The van der Waals surface area contributed by atoms with Crippen LogP contribution in [0.3, 0.4) is 0 Å². The number of nitrogens with one attached hydrogen (secondary N) is 1. The topological polar surface area (TPSA) is 66.4 Å². The number of allylic oxidation sites excluding steroid dienone is 1. The molecule has 35 heavy (non-hydrogen) atoms. The smallest absolute Gasteiger partial charge is 0.303 e. The van der Waals surface area contributed by atoms with E-state index in [9.17, 15) is 9.59 Å². The Balaban J connectivity index is 1.40. The van der Waals surface area contributed by atoms with Gasteiger partial charge in [-0.1, -0.05) is 65.5 Å². The van der Waals surface area contributed by atoms with E-state index in [1.165, 1.54) is 51.4 Å². The van der Waals surface area contributed by atoms with Gasteiger partial charge in [-0.05, 0) is 97.7 Å². The summed E-state index contributed by atoms with van der Waals surface area (Å²) in [5.41, 5.74) is 2.39. The number of fused-ring (bicyclic) bond motifs is 5. The van der Waals surface area contributed by atoms with E-state index in [0.29, 0.717) is 5.41 Å². The normalized spacial score (nSPS) is 39.3. The molecule has 3 saturated carbocycles. The molecule has 0 spiro atoms. The first kappa shape index (κ1) is 26.7. The summed E-state index contributed by atoms with van der Waals surface area (Å²) in [5, 5.41) is 12.0. The van der Waals surface area contributed by atoms with Gasteiger partial charge in [0.2, 0.25) is 5.91 Å². The first-order valence-corrected chi connectivity index (χ1v) is 14.7. The van der Waals surface area contributed by atoms with Crippen LogP contribution in [0.1, 0.15) is 118 Å². The van der Waals surface area contributed by atoms with E-state index in [4.69, 9.17) is 5.11 Å². The maximum Gasteiger partial charge on any atom is 0.303 e. The molecule has 8 atom stereocenters. The average Bonchev–Trinajstić information content (AvgIpc) is 3.15. The highest BCUT2D eigenvalue weighted by Crippen LogP contribution is 2.67. The van der Waals surface area contributed by atoms with Gasteiger partial charge in [0.25, 0.3) is 0 Å².